The minimum absolute atomic E-state index is 0.309. The molecule has 0 bridgehead atoms. The Balaban J connectivity index is 2.28. The van der Waals surface area contributed by atoms with E-state index in [1.54, 1.807) is 6.92 Å². The molecule has 0 amide bonds. The van der Waals surface area contributed by atoms with Gasteiger partial charge in [-0.1, -0.05) is 6.58 Å². The number of aliphatic hydroxyl groups excluding tert-OH is 1. The molecule has 66 valence electrons. The fraction of sp³-hybridized carbons (Fsp3) is 0.750. The minimum Gasteiger partial charge on any atom is -0.496 e. The SMILES string of the molecule is [B]C1CC(O)C(COC(=C)C)O1. The minimum atomic E-state index is -0.514. The number of aliphatic hydroxyl groups is 1. The van der Waals surface area contributed by atoms with Crippen LogP contribution in [0.2, 0.25) is 0 Å². The molecule has 3 nitrogen and oxygen atoms in total. The van der Waals surface area contributed by atoms with E-state index >= 15 is 0 Å². The summed E-state index contributed by atoms with van der Waals surface area (Å²) in [4.78, 5) is 0. The Bertz CT molecular complexity index is 172. The molecule has 1 saturated heterocycles. The molecule has 0 aromatic heterocycles. The standard InChI is InChI=1S/C8H13BO3/c1-5(2)11-4-7-6(10)3-8(9)12-7/h6-8,10H,1,3-4H2,2H3. The third-order valence-electron chi connectivity index (χ3n) is 1.75. The molecule has 1 aliphatic rings. The third kappa shape index (κ3) is 2.53. The van der Waals surface area contributed by atoms with E-state index in [4.69, 9.17) is 17.3 Å². The van der Waals surface area contributed by atoms with Gasteiger partial charge in [0, 0.05) is 6.00 Å². The highest BCUT2D eigenvalue weighted by Crippen LogP contribution is 2.18. The van der Waals surface area contributed by atoms with Crippen molar-refractivity contribution >= 4 is 7.85 Å². The van der Waals surface area contributed by atoms with Gasteiger partial charge >= 0.3 is 0 Å². The van der Waals surface area contributed by atoms with Gasteiger partial charge in [-0.2, -0.15) is 0 Å². The van der Waals surface area contributed by atoms with E-state index in [-0.39, 0.29) is 12.1 Å². The molecule has 12 heavy (non-hydrogen) atoms. The molecule has 0 aliphatic carbocycles. The van der Waals surface area contributed by atoms with Gasteiger partial charge in [-0.3, -0.25) is 0 Å². The first-order chi connectivity index (χ1) is 5.59. The predicted octanol–water partition coefficient (Wildman–Crippen LogP) is 0.181. The van der Waals surface area contributed by atoms with Crippen LogP contribution in [0.4, 0.5) is 0 Å². The van der Waals surface area contributed by atoms with E-state index in [9.17, 15) is 5.11 Å². The highest BCUT2D eigenvalue weighted by Gasteiger charge is 2.31. The molecular formula is C8H13BO3. The lowest BCUT2D eigenvalue weighted by Crippen LogP contribution is -2.26. The lowest BCUT2D eigenvalue weighted by atomic mass is 9.96. The first-order valence-electron chi connectivity index (χ1n) is 3.97. The molecule has 0 spiro atoms. The quantitative estimate of drug-likeness (QED) is 0.482. The van der Waals surface area contributed by atoms with Crippen molar-refractivity contribution in [2.45, 2.75) is 31.6 Å². The van der Waals surface area contributed by atoms with E-state index in [0.717, 1.165) is 0 Å². The highest BCUT2D eigenvalue weighted by atomic mass is 16.6. The maximum Gasteiger partial charge on any atom is 0.117 e. The number of allylic oxidation sites excluding steroid dienone is 1. The van der Waals surface area contributed by atoms with E-state index in [0.29, 0.717) is 18.8 Å². The van der Waals surface area contributed by atoms with Gasteiger partial charge in [-0.15, -0.1) is 0 Å². The van der Waals surface area contributed by atoms with Gasteiger partial charge in [0.05, 0.1) is 11.9 Å². The maximum absolute atomic E-state index is 9.36. The van der Waals surface area contributed by atoms with Crippen LogP contribution in [0.3, 0.4) is 0 Å². The number of hydrogen-bond acceptors (Lipinski definition) is 3. The van der Waals surface area contributed by atoms with Crippen molar-refractivity contribution < 1.29 is 14.6 Å². The van der Waals surface area contributed by atoms with Gasteiger partial charge in [0.1, 0.15) is 20.6 Å². The molecule has 1 rings (SSSR count). The third-order valence-corrected chi connectivity index (χ3v) is 1.75. The molecule has 1 heterocycles. The van der Waals surface area contributed by atoms with Crippen LogP contribution in [0.5, 0.6) is 0 Å². The molecule has 4 heteroatoms. The van der Waals surface area contributed by atoms with Crippen molar-refractivity contribution in [2.75, 3.05) is 6.61 Å². The summed E-state index contributed by atoms with van der Waals surface area (Å²) in [6.45, 7) is 5.64. The summed E-state index contributed by atoms with van der Waals surface area (Å²) in [5.74, 6) is 0.617. The first kappa shape index (κ1) is 9.61. The second kappa shape index (κ2) is 3.96. The zero-order valence-electron chi connectivity index (χ0n) is 7.19. The van der Waals surface area contributed by atoms with Gasteiger partial charge < -0.3 is 14.6 Å². The molecule has 1 fully saturated rings. The molecule has 0 aromatic carbocycles. The van der Waals surface area contributed by atoms with Crippen LogP contribution >= 0.6 is 0 Å². The molecule has 3 atom stereocenters. The Hall–Kier alpha value is -0.475. The largest absolute Gasteiger partial charge is 0.496 e. The maximum atomic E-state index is 9.36. The topological polar surface area (TPSA) is 38.7 Å². The van der Waals surface area contributed by atoms with Crippen LogP contribution in [0.25, 0.3) is 0 Å². The summed E-state index contributed by atoms with van der Waals surface area (Å²) in [6.07, 6.45) is -0.347. The Kier molecular flexibility index (Phi) is 3.17. The van der Waals surface area contributed by atoms with E-state index < -0.39 is 6.10 Å². The summed E-state index contributed by atoms with van der Waals surface area (Å²) < 4.78 is 10.3. The number of ether oxygens (including phenoxy) is 2. The molecule has 0 aromatic rings. The van der Waals surface area contributed by atoms with Crippen molar-refractivity contribution in [1.29, 1.82) is 0 Å². The van der Waals surface area contributed by atoms with Crippen LogP contribution in [-0.4, -0.2) is 37.8 Å². The van der Waals surface area contributed by atoms with Crippen LogP contribution in [0.15, 0.2) is 12.3 Å². The molecule has 1 aliphatic heterocycles. The normalized spacial score (nSPS) is 35.0. The average Bonchev–Trinajstić information content (AvgIpc) is 2.26. The van der Waals surface area contributed by atoms with Gasteiger partial charge in [-0.05, 0) is 13.3 Å². The molecule has 1 N–H and O–H groups in total. The smallest absolute Gasteiger partial charge is 0.117 e. The van der Waals surface area contributed by atoms with Gasteiger partial charge in [-0.25, -0.2) is 0 Å². The Morgan fingerprint density at radius 3 is 2.92 bits per heavy atom. The highest BCUT2D eigenvalue weighted by molar-refractivity contribution is 6.11. The second-order valence-electron chi connectivity index (χ2n) is 3.03. The molecule has 3 unspecified atom stereocenters. The van der Waals surface area contributed by atoms with Crippen molar-refractivity contribution in [3.05, 3.63) is 12.3 Å². The molecule has 0 saturated carbocycles. The summed E-state index contributed by atoms with van der Waals surface area (Å²) >= 11 is 0. The molecule has 2 radical (unpaired) electrons. The number of rotatable bonds is 3. The summed E-state index contributed by atoms with van der Waals surface area (Å²) in [5, 5.41) is 9.36. The van der Waals surface area contributed by atoms with Gasteiger partial charge in [0.15, 0.2) is 0 Å². The first-order valence-corrected chi connectivity index (χ1v) is 3.97. The lowest BCUT2D eigenvalue weighted by Gasteiger charge is -2.14. The Morgan fingerprint density at radius 1 is 1.83 bits per heavy atom. The summed E-state index contributed by atoms with van der Waals surface area (Å²) in [6, 6.07) is -0.362. The van der Waals surface area contributed by atoms with E-state index in [1.807, 2.05) is 0 Å². The Labute approximate surface area is 73.8 Å². The van der Waals surface area contributed by atoms with E-state index in [2.05, 4.69) is 6.58 Å². The predicted molar refractivity (Wildman–Crippen MR) is 45.8 cm³/mol. The van der Waals surface area contributed by atoms with Crippen molar-refractivity contribution in [2.24, 2.45) is 0 Å². The van der Waals surface area contributed by atoms with Gasteiger partial charge in [0.25, 0.3) is 0 Å². The summed E-state index contributed by atoms with van der Waals surface area (Å²) in [7, 11) is 5.46. The second-order valence-corrected chi connectivity index (χ2v) is 3.03. The number of hydrogen-bond donors (Lipinski definition) is 1. The van der Waals surface area contributed by atoms with Crippen LogP contribution in [0.1, 0.15) is 13.3 Å². The monoisotopic (exact) mass is 168 g/mol. The van der Waals surface area contributed by atoms with Crippen molar-refractivity contribution in [3.8, 4) is 0 Å². The van der Waals surface area contributed by atoms with Crippen molar-refractivity contribution in [3.63, 3.8) is 0 Å². The fourth-order valence-electron chi connectivity index (χ4n) is 1.14. The average molecular weight is 168 g/mol. The van der Waals surface area contributed by atoms with Crippen molar-refractivity contribution in [1.82, 2.24) is 0 Å². The zero-order valence-corrected chi connectivity index (χ0v) is 7.19. The lowest BCUT2D eigenvalue weighted by molar-refractivity contribution is -0.0133. The Morgan fingerprint density at radius 2 is 2.50 bits per heavy atom. The fourth-order valence-corrected chi connectivity index (χ4v) is 1.14. The molecular weight excluding hydrogens is 155 g/mol. The van der Waals surface area contributed by atoms with E-state index in [1.165, 1.54) is 0 Å². The summed E-state index contributed by atoms with van der Waals surface area (Å²) in [5.41, 5.74) is 0. The van der Waals surface area contributed by atoms with Crippen LogP contribution in [-0.2, 0) is 9.47 Å². The van der Waals surface area contributed by atoms with Crippen LogP contribution < -0.4 is 0 Å². The zero-order chi connectivity index (χ0) is 9.14. The van der Waals surface area contributed by atoms with Crippen LogP contribution in [0, 0.1) is 0 Å². The van der Waals surface area contributed by atoms with Gasteiger partial charge in [0.2, 0.25) is 0 Å².